The van der Waals surface area contributed by atoms with Gasteiger partial charge >= 0.3 is 6.18 Å². The third kappa shape index (κ3) is 6.44. The number of alkyl halides is 3. The summed E-state index contributed by atoms with van der Waals surface area (Å²) in [7, 11) is 0. The van der Waals surface area contributed by atoms with Crippen molar-refractivity contribution in [3.8, 4) is 17.7 Å². The van der Waals surface area contributed by atoms with Crippen molar-refractivity contribution in [3.05, 3.63) is 53.2 Å². The van der Waals surface area contributed by atoms with Crippen LogP contribution in [0.5, 0.6) is 11.6 Å². The molecular weight excluding hydrogens is 385 g/mol. The number of carbonyl (C=O) groups is 1. The maximum atomic E-state index is 12.9. The highest BCUT2D eigenvalue weighted by molar-refractivity contribution is 5.94. The third-order valence-corrected chi connectivity index (χ3v) is 3.23. The summed E-state index contributed by atoms with van der Waals surface area (Å²) in [4.78, 5) is 15.4. The lowest BCUT2D eigenvalue weighted by atomic mass is 10.2. The first-order valence-corrected chi connectivity index (χ1v) is 7.55. The lowest BCUT2D eigenvalue weighted by Crippen LogP contribution is -2.24. The van der Waals surface area contributed by atoms with E-state index >= 15 is 0 Å². The SMILES string of the molecule is Cl.N#CCCNC(=O)c1cccc(Oc2cc(CN)cc(C(F)(F)F)n2)c1. The molecule has 1 amide bonds. The zero-order valence-electron chi connectivity index (χ0n) is 13.9. The van der Waals surface area contributed by atoms with Crippen LogP contribution in [0.4, 0.5) is 13.2 Å². The number of benzene rings is 1. The van der Waals surface area contributed by atoms with E-state index in [-0.39, 0.29) is 54.7 Å². The maximum absolute atomic E-state index is 12.9. The number of carbonyl (C=O) groups excluding carboxylic acids is 1. The number of pyridine rings is 1. The number of hydrogen-bond donors (Lipinski definition) is 2. The summed E-state index contributed by atoms with van der Waals surface area (Å²) in [5.41, 5.74) is 4.77. The summed E-state index contributed by atoms with van der Waals surface area (Å²) >= 11 is 0. The number of nitrogens with two attached hydrogens (primary N) is 1. The van der Waals surface area contributed by atoms with Gasteiger partial charge in [0.1, 0.15) is 11.4 Å². The van der Waals surface area contributed by atoms with E-state index in [1.54, 1.807) is 0 Å². The number of halogens is 4. The van der Waals surface area contributed by atoms with E-state index in [0.717, 1.165) is 6.07 Å². The summed E-state index contributed by atoms with van der Waals surface area (Å²) in [6.45, 7) is 0.0821. The molecule has 27 heavy (non-hydrogen) atoms. The fraction of sp³-hybridized carbons (Fsp3) is 0.235. The van der Waals surface area contributed by atoms with Crippen molar-refractivity contribution in [3.63, 3.8) is 0 Å². The molecule has 0 radical (unpaired) electrons. The van der Waals surface area contributed by atoms with Gasteiger partial charge < -0.3 is 15.8 Å². The first kappa shape index (κ1) is 22.2. The van der Waals surface area contributed by atoms with Crippen molar-refractivity contribution in [2.45, 2.75) is 19.1 Å². The average molecular weight is 401 g/mol. The number of nitrogens with zero attached hydrogens (tertiary/aromatic N) is 2. The van der Waals surface area contributed by atoms with E-state index in [1.165, 1.54) is 30.3 Å². The van der Waals surface area contributed by atoms with Crippen molar-refractivity contribution in [1.29, 1.82) is 5.26 Å². The van der Waals surface area contributed by atoms with Crippen molar-refractivity contribution in [1.82, 2.24) is 10.3 Å². The first-order valence-electron chi connectivity index (χ1n) is 7.55. The standard InChI is InChI=1S/C17H15F3N4O2.ClH/c18-17(19,20)14-7-11(10-22)8-15(24-14)26-13-4-1-3-12(9-13)16(25)23-6-2-5-21;/h1,3-4,7-9H,2,6,10,22H2,(H,23,25);1H. The highest BCUT2D eigenvalue weighted by Crippen LogP contribution is 2.31. The van der Waals surface area contributed by atoms with Crippen LogP contribution in [0.25, 0.3) is 0 Å². The molecule has 1 aromatic carbocycles. The Balaban J connectivity index is 0.00000364. The van der Waals surface area contributed by atoms with Gasteiger partial charge in [-0.05, 0) is 29.8 Å². The summed E-state index contributed by atoms with van der Waals surface area (Å²) in [6, 6.07) is 9.93. The fourth-order valence-corrected chi connectivity index (χ4v) is 2.03. The molecule has 1 aromatic heterocycles. The van der Waals surface area contributed by atoms with Gasteiger partial charge in [0.15, 0.2) is 0 Å². The predicted octanol–water partition coefficient (Wildman–Crippen LogP) is 3.42. The van der Waals surface area contributed by atoms with Gasteiger partial charge in [-0.3, -0.25) is 4.79 Å². The molecule has 0 unspecified atom stereocenters. The number of ether oxygens (including phenoxy) is 1. The zero-order chi connectivity index (χ0) is 19.2. The largest absolute Gasteiger partial charge is 0.439 e. The molecule has 0 atom stereocenters. The van der Waals surface area contributed by atoms with Crippen LogP contribution in [0.2, 0.25) is 0 Å². The van der Waals surface area contributed by atoms with Gasteiger partial charge in [0.2, 0.25) is 5.88 Å². The first-order chi connectivity index (χ1) is 12.3. The van der Waals surface area contributed by atoms with Crippen LogP contribution < -0.4 is 15.8 Å². The van der Waals surface area contributed by atoms with E-state index in [2.05, 4.69) is 10.3 Å². The van der Waals surface area contributed by atoms with Crippen molar-refractivity contribution in [2.75, 3.05) is 6.54 Å². The Morgan fingerprint density at radius 1 is 1.30 bits per heavy atom. The Labute approximate surface area is 159 Å². The number of nitrogens with one attached hydrogen (secondary N) is 1. The molecule has 10 heteroatoms. The second-order valence-electron chi connectivity index (χ2n) is 5.19. The fourth-order valence-electron chi connectivity index (χ4n) is 2.03. The molecule has 0 spiro atoms. The second kappa shape index (κ2) is 9.75. The topological polar surface area (TPSA) is 101 Å². The lowest BCUT2D eigenvalue weighted by Gasteiger charge is -2.12. The Bertz CT molecular complexity index is 838. The number of hydrogen-bond acceptors (Lipinski definition) is 5. The number of nitriles is 1. The van der Waals surface area contributed by atoms with Gasteiger partial charge in [0.25, 0.3) is 5.91 Å². The average Bonchev–Trinajstić information content (AvgIpc) is 2.61. The van der Waals surface area contributed by atoms with Gasteiger partial charge in [-0.25, -0.2) is 4.98 Å². The summed E-state index contributed by atoms with van der Waals surface area (Å²) < 4.78 is 44.1. The number of amides is 1. The smallest absolute Gasteiger partial charge is 0.433 e. The molecule has 0 saturated heterocycles. The molecule has 0 saturated carbocycles. The molecule has 0 aliphatic rings. The van der Waals surface area contributed by atoms with E-state index in [4.69, 9.17) is 15.7 Å². The minimum Gasteiger partial charge on any atom is -0.439 e. The van der Waals surface area contributed by atoms with Gasteiger partial charge in [0.05, 0.1) is 12.5 Å². The van der Waals surface area contributed by atoms with Crippen molar-refractivity contribution in [2.24, 2.45) is 5.73 Å². The van der Waals surface area contributed by atoms with Crippen LogP contribution in [-0.2, 0) is 12.7 Å². The highest BCUT2D eigenvalue weighted by Gasteiger charge is 2.33. The molecule has 3 N–H and O–H groups in total. The van der Waals surface area contributed by atoms with E-state index in [0.29, 0.717) is 0 Å². The minimum absolute atomic E-state index is 0. The monoisotopic (exact) mass is 400 g/mol. The van der Waals surface area contributed by atoms with Gasteiger partial charge in [0, 0.05) is 24.7 Å². The maximum Gasteiger partial charge on any atom is 0.433 e. The third-order valence-electron chi connectivity index (χ3n) is 3.23. The van der Waals surface area contributed by atoms with Crippen molar-refractivity contribution >= 4 is 18.3 Å². The molecule has 0 fully saturated rings. The number of aromatic nitrogens is 1. The Kier molecular flexibility index (Phi) is 8.02. The Hall–Kier alpha value is -2.83. The minimum atomic E-state index is -4.63. The van der Waals surface area contributed by atoms with E-state index < -0.39 is 17.8 Å². The van der Waals surface area contributed by atoms with E-state index in [9.17, 15) is 18.0 Å². The van der Waals surface area contributed by atoms with Gasteiger partial charge in [-0.1, -0.05) is 6.07 Å². The normalized spacial score (nSPS) is 10.5. The molecular formula is C17H16ClF3N4O2. The summed E-state index contributed by atoms with van der Waals surface area (Å²) in [6.07, 6.45) is -4.47. The highest BCUT2D eigenvalue weighted by atomic mass is 35.5. The van der Waals surface area contributed by atoms with Gasteiger partial charge in [-0.2, -0.15) is 18.4 Å². The summed E-state index contributed by atoms with van der Waals surface area (Å²) in [5, 5.41) is 11.0. The van der Waals surface area contributed by atoms with E-state index in [1.807, 2.05) is 6.07 Å². The quantitative estimate of drug-likeness (QED) is 0.723. The Morgan fingerprint density at radius 2 is 2.04 bits per heavy atom. The second-order valence-corrected chi connectivity index (χ2v) is 5.19. The van der Waals surface area contributed by atoms with Crippen LogP contribution in [0, 0.1) is 11.3 Å². The molecule has 1 heterocycles. The molecule has 6 nitrogen and oxygen atoms in total. The lowest BCUT2D eigenvalue weighted by molar-refractivity contribution is -0.141. The number of rotatable bonds is 6. The molecule has 0 aliphatic heterocycles. The molecule has 0 aliphatic carbocycles. The molecule has 2 aromatic rings. The molecule has 2 rings (SSSR count). The van der Waals surface area contributed by atoms with Crippen molar-refractivity contribution < 1.29 is 22.7 Å². The zero-order valence-corrected chi connectivity index (χ0v) is 14.7. The summed E-state index contributed by atoms with van der Waals surface area (Å²) in [5.74, 6) is -0.555. The molecule has 0 bridgehead atoms. The Morgan fingerprint density at radius 3 is 2.67 bits per heavy atom. The van der Waals surface area contributed by atoms with Crippen LogP contribution >= 0.6 is 12.4 Å². The van der Waals surface area contributed by atoms with Crippen LogP contribution in [0.3, 0.4) is 0 Å². The predicted molar refractivity (Wildman–Crippen MR) is 93.5 cm³/mol. The van der Waals surface area contributed by atoms with Gasteiger partial charge in [-0.15, -0.1) is 12.4 Å². The van der Waals surface area contributed by atoms with Crippen LogP contribution in [0.15, 0.2) is 36.4 Å². The van der Waals surface area contributed by atoms with Crippen LogP contribution in [0.1, 0.15) is 28.0 Å². The van der Waals surface area contributed by atoms with Crippen LogP contribution in [-0.4, -0.2) is 17.4 Å². The molecule has 144 valence electrons.